The maximum absolute atomic E-state index is 3.64. The second kappa shape index (κ2) is 6.35. The summed E-state index contributed by atoms with van der Waals surface area (Å²) in [5, 5.41) is 3.55. The van der Waals surface area contributed by atoms with Gasteiger partial charge in [0.05, 0.1) is 3.79 Å². The molecule has 1 nitrogen and oxygen atoms in total. The molecule has 1 aromatic rings. The van der Waals surface area contributed by atoms with Crippen LogP contribution in [0, 0.1) is 12.8 Å². The monoisotopic (exact) mass is 315 g/mol. The van der Waals surface area contributed by atoms with Crippen molar-refractivity contribution in [3.63, 3.8) is 0 Å². The summed E-state index contributed by atoms with van der Waals surface area (Å²) in [6, 6.07) is 2.91. The van der Waals surface area contributed by atoms with Gasteiger partial charge in [-0.05, 0) is 60.3 Å². The molecule has 1 aliphatic carbocycles. The molecule has 1 unspecified atom stereocenters. The van der Waals surface area contributed by atoms with Crippen LogP contribution in [0.25, 0.3) is 0 Å². The molecule has 0 radical (unpaired) electrons. The molecule has 1 aromatic heterocycles. The van der Waals surface area contributed by atoms with Crippen LogP contribution in [0.4, 0.5) is 0 Å². The number of nitrogens with one attached hydrogen (secondary N) is 1. The normalized spacial score (nSPS) is 20.2. The third kappa shape index (κ3) is 3.33. The Labute approximate surface area is 117 Å². The maximum atomic E-state index is 3.64. The molecule has 2 rings (SSSR count). The number of halogens is 1. The number of aryl methyl sites for hydroxylation is 1. The van der Waals surface area contributed by atoms with Gasteiger partial charge in [0.25, 0.3) is 0 Å². The molecule has 1 N–H and O–H groups in total. The topological polar surface area (TPSA) is 12.0 Å². The van der Waals surface area contributed by atoms with Gasteiger partial charge in [-0.15, -0.1) is 11.3 Å². The van der Waals surface area contributed by atoms with Gasteiger partial charge in [0, 0.05) is 10.9 Å². The molecule has 1 fully saturated rings. The summed E-state index contributed by atoms with van der Waals surface area (Å²) in [5.74, 6) is 0.826. The second-order valence-corrected chi connectivity index (χ2v) is 7.53. The van der Waals surface area contributed by atoms with Crippen molar-refractivity contribution in [3.8, 4) is 0 Å². The standard InChI is InChI=1S/C14H22BrNS/c1-10-9-12(17-14(10)15)13(16-2)11-7-5-3-4-6-8-11/h9,11,13,16H,3-8H2,1-2H3. The van der Waals surface area contributed by atoms with E-state index in [-0.39, 0.29) is 0 Å². The summed E-state index contributed by atoms with van der Waals surface area (Å²) in [7, 11) is 2.11. The van der Waals surface area contributed by atoms with Crippen LogP contribution in [0.1, 0.15) is 55.0 Å². The number of thiophene rings is 1. The highest BCUT2D eigenvalue weighted by atomic mass is 79.9. The molecule has 0 aliphatic heterocycles. The van der Waals surface area contributed by atoms with Gasteiger partial charge in [0.2, 0.25) is 0 Å². The molecule has 96 valence electrons. The molecule has 1 atom stereocenters. The van der Waals surface area contributed by atoms with Crippen LogP contribution in [-0.4, -0.2) is 7.05 Å². The SMILES string of the molecule is CNC(c1cc(C)c(Br)s1)C1CCCCCC1. The van der Waals surface area contributed by atoms with E-state index in [1.54, 1.807) is 0 Å². The van der Waals surface area contributed by atoms with Gasteiger partial charge in [-0.1, -0.05) is 25.7 Å². The average Bonchev–Trinajstić information content (AvgIpc) is 2.56. The van der Waals surface area contributed by atoms with E-state index in [4.69, 9.17) is 0 Å². The fourth-order valence-electron chi connectivity index (χ4n) is 2.89. The van der Waals surface area contributed by atoms with E-state index in [2.05, 4.69) is 41.3 Å². The largest absolute Gasteiger partial charge is 0.312 e. The van der Waals surface area contributed by atoms with Crippen molar-refractivity contribution < 1.29 is 0 Å². The Hall–Kier alpha value is 0.140. The number of hydrogen-bond acceptors (Lipinski definition) is 2. The lowest BCUT2D eigenvalue weighted by atomic mass is 9.91. The highest BCUT2D eigenvalue weighted by Gasteiger charge is 2.24. The first kappa shape index (κ1) is 13.6. The molecule has 1 saturated carbocycles. The Bertz CT molecular complexity index is 334. The van der Waals surface area contributed by atoms with Crippen LogP contribution in [0.2, 0.25) is 0 Å². The van der Waals surface area contributed by atoms with E-state index < -0.39 is 0 Å². The van der Waals surface area contributed by atoms with Crippen LogP contribution in [-0.2, 0) is 0 Å². The predicted octanol–water partition coefficient (Wildman–Crippen LogP) is 5.05. The third-order valence-electron chi connectivity index (χ3n) is 3.87. The van der Waals surface area contributed by atoms with Gasteiger partial charge < -0.3 is 5.32 Å². The van der Waals surface area contributed by atoms with Crippen LogP contribution < -0.4 is 5.32 Å². The van der Waals surface area contributed by atoms with Crippen molar-refractivity contribution >= 4 is 27.3 Å². The minimum atomic E-state index is 0.558. The lowest BCUT2D eigenvalue weighted by molar-refractivity contribution is 0.346. The lowest BCUT2D eigenvalue weighted by Gasteiger charge is -2.24. The Balaban J connectivity index is 2.13. The fraction of sp³-hybridized carbons (Fsp3) is 0.714. The van der Waals surface area contributed by atoms with Gasteiger partial charge in [-0.25, -0.2) is 0 Å². The summed E-state index contributed by atoms with van der Waals surface area (Å²) < 4.78 is 1.29. The van der Waals surface area contributed by atoms with Crippen LogP contribution in [0.5, 0.6) is 0 Å². The van der Waals surface area contributed by atoms with E-state index in [9.17, 15) is 0 Å². The van der Waals surface area contributed by atoms with E-state index in [0.29, 0.717) is 6.04 Å². The molecular weight excluding hydrogens is 294 g/mol. The molecule has 0 saturated heterocycles. The minimum absolute atomic E-state index is 0.558. The van der Waals surface area contributed by atoms with Gasteiger partial charge in [-0.2, -0.15) is 0 Å². The summed E-state index contributed by atoms with van der Waals surface area (Å²) in [5.41, 5.74) is 1.37. The highest BCUT2D eigenvalue weighted by molar-refractivity contribution is 9.11. The second-order valence-electron chi connectivity index (χ2n) is 5.12. The Kier molecular flexibility index (Phi) is 5.07. The first-order valence-corrected chi connectivity index (χ1v) is 8.26. The van der Waals surface area contributed by atoms with Crippen LogP contribution in [0.3, 0.4) is 0 Å². The molecule has 3 heteroatoms. The number of hydrogen-bond donors (Lipinski definition) is 1. The van der Waals surface area contributed by atoms with Crippen molar-refractivity contribution in [1.29, 1.82) is 0 Å². The third-order valence-corrected chi connectivity index (χ3v) is 6.08. The zero-order valence-electron chi connectivity index (χ0n) is 10.8. The summed E-state index contributed by atoms with van der Waals surface area (Å²) in [6.45, 7) is 2.18. The first-order valence-electron chi connectivity index (χ1n) is 6.65. The van der Waals surface area contributed by atoms with Gasteiger partial charge >= 0.3 is 0 Å². The minimum Gasteiger partial charge on any atom is -0.312 e. The van der Waals surface area contributed by atoms with Gasteiger partial charge in [0.15, 0.2) is 0 Å². The van der Waals surface area contributed by atoms with Gasteiger partial charge in [-0.3, -0.25) is 0 Å². The van der Waals surface area contributed by atoms with Crippen LogP contribution >= 0.6 is 27.3 Å². The maximum Gasteiger partial charge on any atom is 0.0731 e. The Morgan fingerprint density at radius 1 is 1.29 bits per heavy atom. The zero-order chi connectivity index (χ0) is 12.3. The summed E-state index contributed by atoms with van der Waals surface area (Å²) >= 11 is 5.55. The molecule has 17 heavy (non-hydrogen) atoms. The molecule has 0 aromatic carbocycles. The lowest BCUT2D eigenvalue weighted by Crippen LogP contribution is -2.24. The summed E-state index contributed by atoms with van der Waals surface area (Å²) in [4.78, 5) is 1.50. The van der Waals surface area contributed by atoms with Crippen molar-refractivity contribution in [2.45, 2.75) is 51.5 Å². The Morgan fingerprint density at radius 3 is 2.41 bits per heavy atom. The molecule has 0 amide bonds. The van der Waals surface area contributed by atoms with E-state index in [1.165, 1.54) is 52.8 Å². The van der Waals surface area contributed by atoms with E-state index in [0.717, 1.165) is 5.92 Å². The van der Waals surface area contributed by atoms with Crippen molar-refractivity contribution in [2.24, 2.45) is 5.92 Å². The quantitative estimate of drug-likeness (QED) is 0.770. The molecular formula is C14H22BrNS. The smallest absolute Gasteiger partial charge is 0.0731 e. The van der Waals surface area contributed by atoms with Crippen molar-refractivity contribution in [3.05, 3.63) is 20.3 Å². The molecule has 1 aliphatic rings. The number of rotatable bonds is 3. The average molecular weight is 316 g/mol. The van der Waals surface area contributed by atoms with Crippen LogP contribution in [0.15, 0.2) is 9.85 Å². The van der Waals surface area contributed by atoms with Crippen molar-refractivity contribution in [2.75, 3.05) is 7.05 Å². The summed E-state index contributed by atoms with van der Waals surface area (Å²) in [6.07, 6.45) is 8.46. The van der Waals surface area contributed by atoms with Gasteiger partial charge in [0.1, 0.15) is 0 Å². The van der Waals surface area contributed by atoms with Crippen molar-refractivity contribution in [1.82, 2.24) is 5.32 Å². The predicted molar refractivity (Wildman–Crippen MR) is 79.7 cm³/mol. The zero-order valence-corrected chi connectivity index (χ0v) is 13.2. The van der Waals surface area contributed by atoms with E-state index in [1.807, 2.05) is 11.3 Å². The molecule has 0 bridgehead atoms. The fourth-order valence-corrected chi connectivity index (χ4v) is 4.67. The molecule has 0 spiro atoms. The Morgan fingerprint density at radius 2 is 1.94 bits per heavy atom. The molecule has 1 heterocycles. The first-order chi connectivity index (χ1) is 8.22. The van der Waals surface area contributed by atoms with E-state index >= 15 is 0 Å². The highest BCUT2D eigenvalue weighted by Crippen LogP contribution is 2.38.